The molecule has 0 aliphatic heterocycles. The smallest absolute Gasteiger partial charge is 0 e. The second-order valence-corrected chi connectivity index (χ2v) is 0. The van der Waals surface area contributed by atoms with Crippen molar-refractivity contribution in [2.24, 2.45) is 0 Å². The molecule has 0 aromatic rings. The summed E-state index contributed by atoms with van der Waals surface area (Å²) in [6.45, 7) is 0. The maximum absolute atomic E-state index is 0. The fourth-order valence-corrected chi connectivity index (χ4v) is 0. The summed E-state index contributed by atoms with van der Waals surface area (Å²) in [4.78, 5) is 0. The van der Waals surface area contributed by atoms with E-state index >= 15 is 0 Å². The van der Waals surface area contributed by atoms with Gasteiger partial charge in [-0.05, 0) is 0 Å². The molecule has 7 heteroatoms. The van der Waals surface area contributed by atoms with Crippen molar-refractivity contribution in [2.75, 3.05) is 0 Å². The fraction of sp³-hybridized carbons (Fsp3) is 0. The molecular formula is H6Br6Re. The molecule has 0 saturated heterocycles. The number of hydrogen-bond acceptors (Lipinski definition) is 0. The SMILES string of the molecule is Br.Br.Br.Br.Br.Br.[Re]. The minimum atomic E-state index is 0. The van der Waals surface area contributed by atoms with Gasteiger partial charge in [0.15, 0.2) is 0 Å². The number of halogens is 6. The molecule has 7 heavy (non-hydrogen) atoms. The van der Waals surface area contributed by atoms with Crippen LogP contribution in [0.4, 0.5) is 0 Å². The van der Waals surface area contributed by atoms with E-state index in [2.05, 4.69) is 0 Å². The maximum atomic E-state index is 0. The standard InChI is InChI=1S/6BrH.Re/h6*1H;. The minimum Gasteiger partial charge on any atom is -0.114 e. The summed E-state index contributed by atoms with van der Waals surface area (Å²) < 4.78 is 0. The van der Waals surface area contributed by atoms with Crippen LogP contribution in [0.15, 0.2) is 0 Å². The zero-order chi connectivity index (χ0) is 0. The summed E-state index contributed by atoms with van der Waals surface area (Å²) in [5, 5.41) is 0. The van der Waals surface area contributed by atoms with Crippen LogP contribution in [0.25, 0.3) is 0 Å². The van der Waals surface area contributed by atoms with Crippen LogP contribution in [0.2, 0.25) is 0 Å². The summed E-state index contributed by atoms with van der Waals surface area (Å²) in [6, 6.07) is 0. The molecule has 55 valence electrons. The first-order chi connectivity index (χ1) is 0. The largest absolute Gasteiger partial charge is 0.114 e. The van der Waals surface area contributed by atoms with Crippen molar-refractivity contribution in [3.05, 3.63) is 0 Å². The van der Waals surface area contributed by atoms with Gasteiger partial charge in [-0.1, -0.05) is 0 Å². The molecule has 1 radical (unpaired) electrons. The van der Waals surface area contributed by atoms with Gasteiger partial charge in [0.05, 0.1) is 0 Å². The van der Waals surface area contributed by atoms with E-state index in [4.69, 9.17) is 0 Å². The summed E-state index contributed by atoms with van der Waals surface area (Å²) in [7, 11) is 0. The van der Waals surface area contributed by atoms with Crippen LogP contribution in [0.3, 0.4) is 0 Å². The third kappa shape index (κ3) is 43.3. The topological polar surface area (TPSA) is 0 Å². The van der Waals surface area contributed by atoms with Gasteiger partial charge in [-0.25, -0.2) is 0 Å². The molecule has 0 aliphatic rings. The van der Waals surface area contributed by atoms with Gasteiger partial charge in [0.25, 0.3) is 0 Å². The normalized spacial score (nSPS) is 0. The van der Waals surface area contributed by atoms with Gasteiger partial charge in [-0.2, -0.15) is 0 Å². The monoisotopic (exact) mass is 667 g/mol. The van der Waals surface area contributed by atoms with Crippen LogP contribution in [-0.4, -0.2) is 0 Å². The Labute approximate surface area is 120 Å². The van der Waals surface area contributed by atoms with E-state index < -0.39 is 0 Å². The maximum Gasteiger partial charge on any atom is 0 e. The third-order valence-corrected chi connectivity index (χ3v) is 0. The molecule has 0 nitrogen and oxygen atoms in total. The average Bonchev–Trinajstić information content (AvgIpc) is 0. The molecule has 0 unspecified atom stereocenters. The Morgan fingerprint density at radius 2 is 0.286 bits per heavy atom. The van der Waals surface area contributed by atoms with Crippen molar-refractivity contribution < 1.29 is 20.4 Å². The first kappa shape index (κ1) is 76.5. The van der Waals surface area contributed by atoms with Crippen molar-refractivity contribution in [1.82, 2.24) is 0 Å². The molecule has 0 heterocycles. The molecular weight excluding hydrogens is 666 g/mol. The van der Waals surface area contributed by atoms with Crippen LogP contribution >= 0.6 is 102 Å². The number of hydrogen-bond donors (Lipinski definition) is 0. The van der Waals surface area contributed by atoms with Gasteiger partial charge in [0.2, 0.25) is 0 Å². The molecule has 0 fully saturated rings. The van der Waals surface area contributed by atoms with Gasteiger partial charge >= 0.3 is 0 Å². The molecule has 0 N–H and O–H groups in total. The Bertz CT molecular complexity index is 4.14. The van der Waals surface area contributed by atoms with E-state index in [-0.39, 0.29) is 122 Å². The van der Waals surface area contributed by atoms with Crippen molar-refractivity contribution in [2.45, 2.75) is 0 Å². The Balaban J connectivity index is 0. The van der Waals surface area contributed by atoms with Crippen molar-refractivity contribution in [3.8, 4) is 0 Å². The molecule has 0 aromatic carbocycles. The van der Waals surface area contributed by atoms with Gasteiger partial charge in [-0.3, -0.25) is 0 Å². The number of rotatable bonds is 0. The first-order valence-corrected chi connectivity index (χ1v) is 0. The van der Waals surface area contributed by atoms with Gasteiger partial charge in [0, 0.05) is 20.4 Å². The summed E-state index contributed by atoms with van der Waals surface area (Å²) in [6.07, 6.45) is 0. The van der Waals surface area contributed by atoms with Crippen LogP contribution < -0.4 is 0 Å². The van der Waals surface area contributed by atoms with E-state index in [0.717, 1.165) is 0 Å². The van der Waals surface area contributed by atoms with Crippen molar-refractivity contribution in [3.63, 3.8) is 0 Å². The first-order valence-electron chi connectivity index (χ1n) is 0. The summed E-state index contributed by atoms with van der Waals surface area (Å²) >= 11 is 0. The second kappa shape index (κ2) is 55.5. The molecule has 0 saturated carbocycles. The zero-order valence-corrected chi connectivity index (χ0v) is 15.8. The average molecular weight is 672 g/mol. The van der Waals surface area contributed by atoms with Gasteiger partial charge < -0.3 is 0 Å². The molecule has 0 atom stereocenters. The van der Waals surface area contributed by atoms with E-state index in [9.17, 15) is 0 Å². The molecule has 0 aliphatic carbocycles. The third-order valence-electron chi connectivity index (χ3n) is 0. The van der Waals surface area contributed by atoms with Crippen LogP contribution in [-0.2, 0) is 20.4 Å². The predicted octanol–water partition coefficient (Wildman–Crippen LogP) is 3.46. The van der Waals surface area contributed by atoms with Gasteiger partial charge in [0.1, 0.15) is 0 Å². The molecule has 0 bridgehead atoms. The van der Waals surface area contributed by atoms with E-state index in [1.807, 2.05) is 0 Å². The molecule has 0 spiro atoms. The van der Waals surface area contributed by atoms with Crippen LogP contribution in [0.5, 0.6) is 0 Å². The Kier molecular flexibility index (Phi) is 606. The summed E-state index contributed by atoms with van der Waals surface area (Å²) in [5.41, 5.74) is 0. The fourth-order valence-electron chi connectivity index (χ4n) is 0. The van der Waals surface area contributed by atoms with E-state index in [1.165, 1.54) is 0 Å². The van der Waals surface area contributed by atoms with Crippen LogP contribution in [0.1, 0.15) is 0 Å². The van der Waals surface area contributed by atoms with E-state index in [1.54, 1.807) is 0 Å². The zero-order valence-electron chi connectivity index (χ0n) is 2.83. The second-order valence-electron chi connectivity index (χ2n) is 0. The van der Waals surface area contributed by atoms with Crippen molar-refractivity contribution >= 4 is 102 Å². The van der Waals surface area contributed by atoms with Crippen molar-refractivity contribution in [1.29, 1.82) is 0 Å². The van der Waals surface area contributed by atoms with Crippen LogP contribution in [0, 0.1) is 0 Å². The Morgan fingerprint density at radius 1 is 0.286 bits per heavy atom. The van der Waals surface area contributed by atoms with E-state index in [0.29, 0.717) is 0 Å². The molecule has 0 aromatic heterocycles. The molecule has 0 rings (SSSR count). The predicted molar refractivity (Wildman–Crippen MR) is 61.9 cm³/mol. The van der Waals surface area contributed by atoms with Gasteiger partial charge in [-0.15, -0.1) is 102 Å². The quantitative estimate of drug-likeness (QED) is 0.371. The Hall–Kier alpha value is 3.54. The molecule has 0 amide bonds. The minimum absolute atomic E-state index is 0. The Morgan fingerprint density at radius 3 is 0.286 bits per heavy atom. The summed E-state index contributed by atoms with van der Waals surface area (Å²) in [5.74, 6) is 0.